The summed E-state index contributed by atoms with van der Waals surface area (Å²) < 4.78 is 11.0. The van der Waals surface area contributed by atoms with Crippen LogP contribution in [0.2, 0.25) is 5.02 Å². The maximum atomic E-state index is 12.0. The number of fused-ring (bicyclic) bond motifs is 1. The van der Waals surface area contributed by atoms with E-state index >= 15 is 0 Å². The van der Waals surface area contributed by atoms with Crippen LogP contribution < -0.4 is 20.5 Å². The molecule has 0 aliphatic carbocycles. The first-order valence-corrected chi connectivity index (χ1v) is 7.97. The van der Waals surface area contributed by atoms with Gasteiger partial charge in [0.2, 0.25) is 5.91 Å². The molecule has 2 rings (SSSR count). The molecule has 0 radical (unpaired) electrons. The Kier molecular flexibility index (Phi) is 7.45. The number of ether oxygens (including phenoxy) is 2. The summed E-state index contributed by atoms with van der Waals surface area (Å²) in [6, 6.07) is 3.75. The van der Waals surface area contributed by atoms with E-state index in [2.05, 4.69) is 5.32 Å². The van der Waals surface area contributed by atoms with Crippen molar-refractivity contribution in [2.45, 2.75) is 38.6 Å². The van der Waals surface area contributed by atoms with E-state index in [4.69, 9.17) is 26.8 Å². The van der Waals surface area contributed by atoms with Crippen LogP contribution in [-0.2, 0) is 11.2 Å². The van der Waals surface area contributed by atoms with Gasteiger partial charge in [0.1, 0.15) is 13.2 Å². The third kappa shape index (κ3) is 5.16. The van der Waals surface area contributed by atoms with Crippen LogP contribution in [0.3, 0.4) is 0 Å². The second-order valence-electron chi connectivity index (χ2n) is 5.78. The van der Waals surface area contributed by atoms with Gasteiger partial charge in [-0.25, -0.2) is 0 Å². The van der Waals surface area contributed by atoms with Gasteiger partial charge in [0.05, 0.1) is 10.6 Å². The Morgan fingerprint density at radius 2 is 2.09 bits per heavy atom. The van der Waals surface area contributed by atoms with Gasteiger partial charge >= 0.3 is 0 Å². The minimum absolute atomic E-state index is 0. The highest BCUT2D eigenvalue weighted by molar-refractivity contribution is 6.32. The highest BCUT2D eigenvalue weighted by Crippen LogP contribution is 2.38. The second-order valence-corrected chi connectivity index (χ2v) is 6.18. The summed E-state index contributed by atoms with van der Waals surface area (Å²) >= 11 is 6.19. The van der Waals surface area contributed by atoms with Crippen molar-refractivity contribution in [3.8, 4) is 11.5 Å². The molecule has 1 atom stereocenters. The molecule has 1 unspecified atom stereocenters. The van der Waals surface area contributed by atoms with E-state index in [1.807, 2.05) is 19.1 Å². The van der Waals surface area contributed by atoms with Crippen molar-refractivity contribution in [3.63, 3.8) is 0 Å². The SMILES string of the molecule is CCCC(C)(N)C(=O)NCCc1cc(Cl)c2c(c1)OCCO2.Cl. The van der Waals surface area contributed by atoms with Crippen LogP contribution in [0.5, 0.6) is 11.5 Å². The third-order valence-corrected chi connectivity index (χ3v) is 3.92. The lowest BCUT2D eigenvalue weighted by Crippen LogP contribution is -2.51. The van der Waals surface area contributed by atoms with Crippen LogP contribution in [-0.4, -0.2) is 31.2 Å². The molecule has 0 aromatic heterocycles. The van der Waals surface area contributed by atoms with Crippen LogP contribution in [0.4, 0.5) is 0 Å². The summed E-state index contributed by atoms with van der Waals surface area (Å²) in [4.78, 5) is 12.0. The normalized spacial score (nSPS) is 15.3. The molecule has 5 nitrogen and oxygen atoms in total. The highest BCUT2D eigenvalue weighted by atomic mass is 35.5. The van der Waals surface area contributed by atoms with E-state index in [0.717, 1.165) is 12.0 Å². The molecule has 1 aliphatic heterocycles. The fraction of sp³-hybridized carbons (Fsp3) is 0.562. The van der Waals surface area contributed by atoms with Crippen LogP contribution in [0.25, 0.3) is 0 Å². The summed E-state index contributed by atoms with van der Waals surface area (Å²) in [5.41, 5.74) is 6.17. The Morgan fingerprint density at radius 3 is 2.78 bits per heavy atom. The van der Waals surface area contributed by atoms with E-state index in [9.17, 15) is 4.79 Å². The summed E-state index contributed by atoms with van der Waals surface area (Å²) in [5, 5.41) is 3.41. The molecule has 130 valence electrons. The molecule has 1 aromatic carbocycles. The maximum Gasteiger partial charge on any atom is 0.239 e. The van der Waals surface area contributed by atoms with Crippen molar-refractivity contribution in [2.24, 2.45) is 5.73 Å². The molecular weight excluding hydrogens is 339 g/mol. The number of carbonyl (C=O) groups excluding carboxylic acids is 1. The molecule has 7 heteroatoms. The Labute approximate surface area is 148 Å². The first-order valence-electron chi connectivity index (χ1n) is 7.59. The summed E-state index contributed by atoms with van der Waals surface area (Å²) in [7, 11) is 0. The largest absolute Gasteiger partial charge is 0.486 e. The molecule has 0 fully saturated rings. The van der Waals surface area contributed by atoms with Gasteiger partial charge in [0.25, 0.3) is 0 Å². The Balaban J connectivity index is 0.00000264. The number of nitrogens with two attached hydrogens (primary N) is 1. The molecule has 0 spiro atoms. The number of rotatable bonds is 6. The zero-order chi connectivity index (χ0) is 16.2. The summed E-state index contributed by atoms with van der Waals surface area (Å²) in [6.45, 7) is 5.30. The van der Waals surface area contributed by atoms with Crippen LogP contribution in [0, 0.1) is 0 Å². The number of amides is 1. The predicted octanol–water partition coefficient (Wildman–Crippen LogP) is 2.71. The van der Waals surface area contributed by atoms with E-state index in [0.29, 0.717) is 49.1 Å². The minimum Gasteiger partial charge on any atom is -0.486 e. The molecule has 23 heavy (non-hydrogen) atoms. The first-order chi connectivity index (χ1) is 10.4. The number of hydrogen-bond donors (Lipinski definition) is 2. The van der Waals surface area contributed by atoms with Crippen LogP contribution in [0.1, 0.15) is 32.3 Å². The van der Waals surface area contributed by atoms with Crippen molar-refractivity contribution in [1.29, 1.82) is 0 Å². The Bertz CT molecular complexity index is 550. The molecule has 1 aliphatic rings. The van der Waals surface area contributed by atoms with Crippen molar-refractivity contribution in [3.05, 3.63) is 22.7 Å². The lowest BCUT2D eigenvalue weighted by atomic mass is 9.96. The monoisotopic (exact) mass is 362 g/mol. The van der Waals surface area contributed by atoms with E-state index in [1.54, 1.807) is 6.92 Å². The summed E-state index contributed by atoms with van der Waals surface area (Å²) in [6.07, 6.45) is 2.19. The molecule has 3 N–H and O–H groups in total. The van der Waals surface area contributed by atoms with Gasteiger partial charge in [-0.15, -0.1) is 12.4 Å². The number of nitrogens with one attached hydrogen (secondary N) is 1. The van der Waals surface area contributed by atoms with E-state index < -0.39 is 5.54 Å². The average molecular weight is 363 g/mol. The Hall–Kier alpha value is -1.17. The zero-order valence-corrected chi connectivity index (χ0v) is 15.1. The maximum absolute atomic E-state index is 12.0. The van der Waals surface area contributed by atoms with Gasteiger partial charge in [-0.2, -0.15) is 0 Å². The Morgan fingerprint density at radius 1 is 1.39 bits per heavy atom. The topological polar surface area (TPSA) is 73.6 Å². The number of benzene rings is 1. The first kappa shape index (κ1) is 19.9. The molecule has 0 bridgehead atoms. The highest BCUT2D eigenvalue weighted by Gasteiger charge is 2.26. The lowest BCUT2D eigenvalue weighted by molar-refractivity contribution is -0.126. The smallest absolute Gasteiger partial charge is 0.239 e. The van der Waals surface area contributed by atoms with Gasteiger partial charge in [-0.1, -0.05) is 24.9 Å². The quantitative estimate of drug-likeness (QED) is 0.815. The van der Waals surface area contributed by atoms with Crippen LogP contribution in [0.15, 0.2) is 12.1 Å². The van der Waals surface area contributed by atoms with Crippen LogP contribution >= 0.6 is 24.0 Å². The van der Waals surface area contributed by atoms with E-state index in [1.165, 1.54) is 0 Å². The minimum atomic E-state index is -0.820. The predicted molar refractivity (Wildman–Crippen MR) is 93.9 cm³/mol. The number of carbonyl (C=O) groups is 1. The van der Waals surface area contributed by atoms with Gasteiger partial charge in [0, 0.05) is 6.54 Å². The molecular formula is C16H24Cl2N2O3. The van der Waals surface area contributed by atoms with Gasteiger partial charge in [0.15, 0.2) is 11.5 Å². The van der Waals surface area contributed by atoms with Gasteiger partial charge in [-0.05, 0) is 37.5 Å². The fourth-order valence-corrected chi connectivity index (χ4v) is 2.75. The van der Waals surface area contributed by atoms with Crippen molar-refractivity contribution < 1.29 is 14.3 Å². The van der Waals surface area contributed by atoms with Crippen molar-refractivity contribution in [2.75, 3.05) is 19.8 Å². The van der Waals surface area contributed by atoms with Gasteiger partial charge < -0.3 is 20.5 Å². The molecule has 0 saturated heterocycles. The standard InChI is InChI=1S/C16H23ClN2O3.ClH/c1-3-5-16(2,18)15(20)19-6-4-11-9-12(17)14-13(10-11)21-7-8-22-14;/h9-10H,3-8,18H2,1-2H3,(H,19,20);1H. The molecule has 1 heterocycles. The number of hydrogen-bond acceptors (Lipinski definition) is 4. The third-order valence-electron chi connectivity index (χ3n) is 3.64. The average Bonchev–Trinajstić information content (AvgIpc) is 2.47. The van der Waals surface area contributed by atoms with Crippen molar-refractivity contribution in [1.82, 2.24) is 5.32 Å². The van der Waals surface area contributed by atoms with Gasteiger partial charge in [-0.3, -0.25) is 4.79 Å². The molecule has 1 amide bonds. The zero-order valence-electron chi connectivity index (χ0n) is 13.5. The molecule has 1 aromatic rings. The fourth-order valence-electron chi connectivity index (χ4n) is 2.46. The number of halogens is 2. The van der Waals surface area contributed by atoms with Crippen molar-refractivity contribution >= 4 is 29.9 Å². The second kappa shape index (κ2) is 8.62. The molecule has 0 saturated carbocycles. The summed E-state index contributed by atoms with van der Waals surface area (Å²) in [5.74, 6) is 1.13. The lowest BCUT2D eigenvalue weighted by Gasteiger charge is -2.23. The van der Waals surface area contributed by atoms with E-state index in [-0.39, 0.29) is 18.3 Å².